The number of hydrogen-bond acceptors (Lipinski definition) is 6. The van der Waals surface area contributed by atoms with Crippen LogP contribution in [0.5, 0.6) is 0 Å². The molecule has 0 aliphatic carbocycles. The van der Waals surface area contributed by atoms with E-state index in [-0.39, 0.29) is 6.54 Å². The molecule has 0 spiro atoms. The summed E-state index contributed by atoms with van der Waals surface area (Å²) < 4.78 is 18.8. The lowest BCUT2D eigenvalue weighted by molar-refractivity contribution is -0.153. The van der Waals surface area contributed by atoms with Gasteiger partial charge in [-0.3, -0.25) is 9.59 Å². The maximum Gasteiger partial charge on any atom is 0.328 e. The number of amides is 1. The van der Waals surface area contributed by atoms with Crippen molar-refractivity contribution < 1.29 is 18.7 Å². The van der Waals surface area contributed by atoms with Crippen molar-refractivity contribution in [1.29, 1.82) is 0 Å². The van der Waals surface area contributed by atoms with Crippen molar-refractivity contribution >= 4 is 17.6 Å². The predicted octanol–water partition coefficient (Wildman–Crippen LogP) is 0.383. The standard InChI is InChI=1S/C12H12FN5O3/c1-8(21-11(19)6-18-7-14-16-17-18)12(20)15-10-4-2-9(13)3-5-10/h2-5,7-8H,6H2,1H3,(H,15,20)/t8-/m0/s1. The van der Waals surface area contributed by atoms with E-state index in [0.717, 1.165) is 0 Å². The maximum atomic E-state index is 12.7. The second kappa shape index (κ2) is 6.55. The van der Waals surface area contributed by atoms with Gasteiger partial charge in [0.05, 0.1) is 0 Å². The summed E-state index contributed by atoms with van der Waals surface area (Å²) in [6.07, 6.45) is 0.254. The Morgan fingerprint density at radius 3 is 2.71 bits per heavy atom. The highest BCUT2D eigenvalue weighted by Crippen LogP contribution is 2.09. The fourth-order valence-electron chi connectivity index (χ4n) is 1.45. The third kappa shape index (κ3) is 4.34. The lowest BCUT2D eigenvalue weighted by atomic mass is 10.3. The van der Waals surface area contributed by atoms with E-state index in [4.69, 9.17) is 4.74 Å². The van der Waals surface area contributed by atoms with Crippen molar-refractivity contribution in [2.24, 2.45) is 0 Å². The van der Waals surface area contributed by atoms with Gasteiger partial charge < -0.3 is 10.1 Å². The summed E-state index contributed by atoms with van der Waals surface area (Å²) in [5.74, 6) is -1.58. The van der Waals surface area contributed by atoms with Crippen molar-refractivity contribution in [3.63, 3.8) is 0 Å². The molecule has 0 saturated heterocycles. The quantitative estimate of drug-likeness (QED) is 0.800. The fourth-order valence-corrected chi connectivity index (χ4v) is 1.45. The summed E-state index contributed by atoms with van der Waals surface area (Å²) >= 11 is 0. The molecule has 1 N–H and O–H groups in total. The molecule has 110 valence electrons. The van der Waals surface area contributed by atoms with Crippen LogP contribution in [-0.2, 0) is 20.9 Å². The maximum absolute atomic E-state index is 12.7. The Bertz CT molecular complexity index is 614. The lowest BCUT2D eigenvalue weighted by Gasteiger charge is -2.13. The van der Waals surface area contributed by atoms with Gasteiger partial charge in [0.1, 0.15) is 18.7 Å². The first-order valence-corrected chi connectivity index (χ1v) is 6.01. The highest BCUT2D eigenvalue weighted by atomic mass is 19.1. The molecule has 21 heavy (non-hydrogen) atoms. The number of esters is 1. The van der Waals surface area contributed by atoms with Crippen molar-refractivity contribution in [2.45, 2.75) is 19.6 Å². The zero-order chi connectivity index (χ0) is 15.2. The number of tetrazole rings is 1. The molecular weight excluding hydrogens is 281 g/mol. The molecule has 2 aromatic rings. The molecule has 1 aromatic heterocycles. The van der Waals surface area contributed by atoms with Crippen molar-refractivity contribution in [3.05, 3.63) is 36.4 Å². The smallest absolute Gasteiger partial charge is 0.328 e. The molecule has 1 atom stereocenters. The Hall–Kier alpha value is -2.84. The SMILES string of the molecule is C[C@H](OC(=O)Cn1cnnn1)C(=O)Nc1ccc(F)cc1. The Morgan fingerprint density at radius 2 is 2.10 bits per heavy atom. The third-order valence-electron chi connectivity index (χ3n) is 2.47. The van der Waals surface area contributed by atoms with Gasteiger partial charge in [0.25, 0.3) is 5.91 Å². The van der Waals surface area contributed by atoms with Crippen LogP contribution >= 0.6 is 0 Å². The van der Waals surface area contributed by atoms with E-state index in [1.54, 1.807) is 0 Å². The minimum Gasteiger partial charge on any atom is -0.451 e. The highest BCUT2D eigenvalue weighted by molar-refractivity contribution is 5.95. The molecule has 0 aliphatic rings. The predicted molar refractivity (Wildman–Crippen MR) is 68.4 cm³/mol. The Kier molecular flexibility index (Phi) is 4.54. The Labute approximate surface area is 118 Å². The lowest BCUT2D eigenvalue weighted by Crippen LogP contribution is -2.31. The summed E-state index contributed by atoms with van der Waals surface area (Å²) in [6.45, 7) is 1.23. The molecular formula is C12H12FN5O3. The van der Waals surface area contributed by atoms with E-state index in [1.165, 1.54) is 42.2 Å². The second-order valence-electron chi connectivity index (χ2n) is 4.14. The first-order valence-electron chi connectivity index (χ1n) is 6.01. The van der Waals surface area contributed by atoms with Crippen LogP contribution in [0.3, 0.4) is 0 Å². The number of halogens is 1. The van der Waals surface area contributed by atoms with Gasteiger partial charge in [-0.1, -0.05) is 0 Å². The molecule has 2 rings (SSSR count). The summed E-state index contributed by atoms with van der Waals surface area (Å²) in [6, 6.07) is 5.24. The zero-order valence-electron chi connectivity index (χ0n) is 11.1. The monoisotopic (exact) mass is 293 g/mol. The van der Waals surface area contributed by atoms with Gasteiger partial charge >= 0.3 is 5.97 Å². The number of carbonyl (C=O) groups is 2. The van der Waals surface area contributed by atoms with Gasteiger partial charge in [-0.2, -0.15) is 0 Å². The van der Waals surface area contributed by atoms with Crippen molar-refractivity contribution in [2.75, 3.05) is 5.32 Å². The summed E-state index contributed by atoms with van der Waals surface area (Å²) in [7, 11) is 0. The van der Waals surface area contributed by atoms with Crippen molar-refractivity contribution in [1.82, 2.24) is 20.2 Å². The number of rotatable bonds is 5. The van der Waals surface area contributed by atoms with Gasteiger partial charge in [0.2, 0.25) is 0 Å². The molecule has 8 nitrogen and oxygen atoms in total. The number of benzene rings is 1. The minimum absolute atomic E-state index is 0.193. The molecule has 0 unspecified atom stereocenters. The van der Waals surface area contributed by atoms with Gasteiger partial charge in [-0.25, -0.2) is 9.07 Å². The van der Waals surface area contributed by atoms with Gasteiger partial charge in [-0.15, -0.1) is 5.10 Å². The topological polar surface area (TPSA) is 99.0 Å². The molecule has 0 radical (unpaired) electrons. The first-order chi connectivity index (χ1) is 10.0. The minimum atomic E-state index is -1.00. The van der Waals surface area contributed by atoms with Crippen molar-refractivity contribution in [3.8, 4) is 0 Å². The Morgan fingerprint density at radius 1 is 1.38 bits per heavy atom. The van der Waals surface area contributed by atoms with Crippen LogP contribution in [0.4, 0.5) is 10.1 Å². The first kappa shape index (κ1) is 14.6. The van der Waals surface area contributed by atoms with Crippen LogP contribution in [0.25, 0.3) is 0 Å². The van der Waals surface area contributed by atoms with Gasteiger partial charge in [0.15, 0.2) is 6.10 Å². The summed E-state index contributed by atoms with van der Waals surface area (Å²) in [5, 5.41) is 12.7. The number of ether oxygens (including phenoxy) is 1. The molecule has 0 aliphatic heterocycles. The van der Waals surface area contributed by atoms with Gasteiger partial charge in [-0.05, 0) is 41.6 Å². The van der Waals surface area contributed by atoms with Crippen LogP contribution < -0.4 is 5.32 Å². The summed E-state index contributed by atoms with van der Waals surface area (Å²) in [5.41, 5.74) is 0.407. The number of carbonyl (C=O) groups excluding carboxylic acids is 2. The van der Waals surface area contributed by atoms with E-state index in [1.807, 2.05) is 0 Å². The van der Waals surface area contributed by atoms with Crippen LogP contribution in [0.1, 0.15) is 6.92 Å². The Balaban J connectivity index is 1.84. The molecule has 1 heterocycles. The van der Waals surface area contributed by atoms with E-state index in [0.29, 0.717) is 5.69 Å². The number of hydrogen-bond donors (Lipinski definition) is 1. The zero-order valence-corrected chi connectivity index (χ0v) is 11.1. The number of aromatic nitrogens is 4. The van der Waals surface area contributed by atoms with Gasteiger partial charge in [0, 0.05) is 5.69 Å². The molecule has 0 bridgehead atoms. The van der Waals surface area contributed by atoms with Crippen LogP contribution in [0, 0.1) is 5.82 Å². The second-order valence-corrected chi connectivity index (χ2v) is 4.14. The van der Waals surface area contributed by atoms with E-state index in [2.05, 4.69) is 20.8 Å². The molecule has 0 fully saturated rings. The largest absolute Gasteiger partial charge is 0.451 e. The van der Waals surface area contributed by atoms with Crippen LogP contribution in [-0.4, -0.2) is 38.2 Å². The van der Waals surface area contributed by atoms with Crippen LogP contribution in [0.2, 0.25) is 0 Å². The molecule has 1 aromatic carbocycles. The number of nitrogens with one attached hydrogen (secondary N) is 1. The van der Waals surface area contributed by atoms with E-state index < -0.39 is 23.8 Å². The normalized spacial score (nSPS) is 11.7. The van der Waals surface area contributed by atoms with Crippen LogP contribution in [0.15, 0.2) is 30.6 Å². The number of anilines is 1. The average molecular weight is 293 g/mol. The molecule has 1 amide bonds. The average Bonchev–Trinajstić information content (AvgIpc) is 2.94. The number of nitrogens with zero attached hydrogens (tertiary/aromatic N) is 4. The molecule has 9 heteroatoms. The fraction of sp³-hybridized carbons (Fsp3) is 0.250. The molecule has 0 saturated carbocycles. The third-order valence-corrected chi connectivity index (χ3v) is 2.47. The van der Waals surface area contributed by atoms with E-state index in [9.17, 15) is 14.0 Å². The highest BCUT2D eigenvalue weighted by Gasteiger charge is 2.18. The van der Waals surface area contributed by atoms with E-state index >= 15 is 0 Å². The summed E-state index contributed by atoms with van der Waals surface area (Å²) in [4.78, 5) is 23.4.